The highest BCUT2D eigenvalue weighted by atomic mass is 16.2. The zero-order chi connectivity index (χ0) is 21.5. The Bertz CT molecular complexity index is 968. The lowest BCUT2D eigenvalue weighted by atomic mass is 10.1. The average molecular weight is 412 g/mol. The highest BCUT2D eigenvalue weighted by Gasteiger charge is 2.30. The molecule has 7 nitrogen and oxygen atoms in total. The molecule has 1 aliphatic heterocycles. The van der Waals surface area contributed by atoms with Crippen molar-refractivity contribution < 1.29 is 9.59 Å². The summed E-state index contributed by atoms with van der Waals surface area (Å²) in [5.41, 5.74) is 3.03. The van der Waals surface area contributed by atoms with E-state index in [0.29, 0.717) is 31.0 Å². The van der Waals surface area contributed by atoms with E-state index < -0.39 is 0 Å². The quantitative estimate of drug-likeness (QED) is 0.817. The maximum Gasteiger partial charge on any atom is 0.252 e. The molecule has 30 heavy (non-hydrogen) atoms. The first kappa shape index (κ1) is 20.8. The third-order valence-electron chi connectivity index (χ3n) is 6.05. The van der Waals surface area contributed by atoms with Crippen molar-refractivity contribution >= 4 is 22.8 Å². The van der Waals surface area contributed by atoms with E-state index in [-0.39, 0.29) is 17.4 Å². The van der Waals surface area contributed by atoms with Crippen LogP contribution in [0.5, 0.6) is 0 Å². The van der Waals surface area contributed by atoms with E-state index in [2.05, 4.69) is 26.1 Å². The van der Waals surface area contributed by atoms with Gasteiger partial charge in [-0.15, -0.1) is 0 Å². The zero-order valence-electron chi connectivity index (χ0n) is 18.6. The van der Waals surface area contributed by atoms with Gasteiger partial charge in [-0.1, -0.05) is 6.42 Å². The molecule has 0 unspecified atom stereocenters. The van der Waals surface area contributed by atoms with Crippen LogP contribution in [-0.4, -0.2) is 51.1 Å². The fourth-order valence-electron chi connectivity index (χ4n) is 4.22. The molecule has 2 aromatic rings. The predicted octanol–water partition coefficient (Wildman–Crippen LogP) is 3.50. The Morgan fingerprint density at radius 1 is 1.23 bits per heavy atom. The molecule has 4 rings (SSSR count). The largest absolute Gasteiger partial charge is 0.350 e. The third kappa shape index (κ3) is 4.20. The van der Waals surface area contributed by atoms with Crippen molar-refractivity contribution in [2.75, 3.05) is 19.6 Å². The van der Waals surface area contributed by atoms with E-state index in [9.17, 15) is 9.59 Å². The SMILES string of the molecule is Cc1nn(C(C)(C)C)c2nc(C3CC3)cc(C(=O)NCCN3CCCCCC3=O)c12. The van der Waals surface area contributed by atoms with Gasteiger partial charge in [-0.3, -0.25) is 9.59 Å². The minimum Gasteiger partial charge on any atom is -0.350 e. The summed E-state index contributed by atoms with van der Waals surface area (Å²) in [6.45, 7) is 10.0. The Labute approximate surface area is 178 Å². The van der Waals surface area contributed by atoms with Gasteiger partial charge in [0.25, 0.3) is 5.91 Å². The fraction of sp³-hybridized carbons (Fsp3) is 0.652. The number of hydrogen-bond donors (Lipinski definition) is 1. The smallest absolute Gasteiger partial charge is 0.252 e. The van der Waals surface area contributed by atoms with Gasteiger partial charge >= 0.3 is 0 Å². The number of rotatable bonds is 5. The summed E-state index contributed by atoms with van der Waals surface area (Å²) in [7, 11) is 0. The van der Waals surface area contributed by atoms with Gasteiger partial charge in [0, 0.05) is 37.7 Å². The number of hydrogen-bond acceptors (Lipinski definition) is 4. The van der Waals surface area contributed by atoms with Crippen LogP contribution in [0, 0.1) is 6.92 Å². The standard InChI is InChI=1S/C23H33N5O2/c1-15-20-17(22(30)24-11-13-27-12-7-5-6-8-19(27)29)14-18(16-9-10-16)25-21(20)28(26-15)23(2,3)4/h14,16H,5-13H2,1-4H3,(H,24,30). The number of aryl methyl sites for hydroxylation is 1. The molecule has 2 fully saturated rings. The van der Waals surface area contributed by atoms with Crippen molar-refractivity contribution in [3.05, 3.63) is 23.0 Å². The van der Waals surface area contributed by atoms with Crippen molar-refractivity contribution in [1.29, 1.82) is 0 Å². The van der Waals surface area contributed by atoms with Crippen LogP contribution in [0.25, 0.3) is 11.0 Å². The van der Waals surface area contributed by atoms with Gasteiger partial charge in [0.05, 0.1) is 22.2 Å². The summed E-state index contributed by atoms with van der Waals surface area (Å²) in [6.07, 6.45) is 5.98. The van der Waals surface area contributed by atoms with E-state index in [1.54, 1.807) is 0 Å². The third-order valence-corrected chi connectivity index (χ3v) is 6.05. The first-order chi connectivity index (χ1) is 14.3. The molecule has 7 heteroatoms. The molecule has 0 radical (unpaired) electrons. The lowest BCUT2D eigenvalue weighted by Crippen LogP contribution is -2.38. The second-order valence-corrected chi connectivity index (χ2v) is 9.68. The zero-order valence-corrected chi connectivity index (χ0v) is 18.6. The molecule has 2 aromatic heterocycles. The highest BCUT2D eigenvalue weighted by Crippen LogP contribution is 2.41. The summed E-state index contributed by atoms with van der Waals surface area (Å²) in [5, 5.41) is 8.59. The number of nitrogens with zero attached hydrogens (tertiary/aromatic N) is 4. The Kier molecular flexibility index (Phi) is 5.55. The van der Waals surface area contributed by atoms with Crippen molar-refractivity contribution in [1.82, 2.24) is 25.0 Å². The van der Waals surface area contributed by atoms with Crippen molar-refractivity contribution in [2.45, 2.75) is 77.7 Å². The van der Waals surface area contributed by atoms with E-state index in [0.717, 1.165) is 61.1 Å². The first-order valence-corrected chi connectivity index (χ1v) is 11.2. The lowest BCUT2D eigenvalue weighted by Gasteiger charge is -2.21. The predicted molar refractivity (Wildman–Crippen MR) is 117 cm³/mol. The molecule has 2 amide bonds. The minimum atomic E-state index is -0.220. The number of carbonyl (C=O) groups excluding carboxylic acids is 2. The first-order valence-electron chi connectivity index (χ1n) is 11.2. The molecule has 0 bridgehead atoms. The number of aromatic nitrogens is 3. The second kappa shape index (κ2) is 8.00. The Morgan fingerprint density at radius 3 is 2.70 bits per heavy atom. The number of pyridine rings is 1. The van der Waals surface area contributed by atoms with Gasteiger partial charge < -0.3 is 10.2 Å². The highest BCUT2D eigenvalue weighted by molar-refractivity contribution is 6.06. The summed E-state index contributed by atoms with van der Waals surface area (Å²) in [4.78, 5) is 32.2. The number of carbonyl (C=O) groups is 2. The van der Waals surface area contributed by atoms with Gasteiger partial charge in [0.1, 0.15) is 0 Å². The van der Waals surface area contributed by atoms with E-state index in [1.165, 1.54) is 0 Å². The van der Waals surface area contributed by atoms with Crippen molar-refractivity contribution in [3.8, 4) is 0 Å². The maximum absolute atomic E-state index is 13.2. The average Bonchev–Trinajstić information content (AvgIpc) is 3.50. The molecule has 1 saturated heterocycles. The van der Waals surface area contributed by atoms with Gasteiger partial charge in [-0.2, -0.15) is 5.10 Å². The van der Waals surface area contributed by atoms with Crippen LogP contribution < -0.4 is 5.32 Å². The van der Waals surface area contributed by atoms with Gasteiger partial charge in [0.2, 0.25) is 5.91 Å². The van der Waals surface area contributed by atoms with Crippen LogP contribution in [0.2, 0.25) is 0 Å². The van der Waals surface area contributed by atoms with Crippen LogP contribution in [0.15, 0.2) is 6.07 Å². The van der Waals surface area contributed by atoms with Crippen LogP contribution in [0.1, 0.15) is 87.0 Å². The van der Waals surface area contributed by atoms with Crippen LogP contribution in [0.4, 0.5) is 0 Å². The number of amides is 2. The summed E-state index contributed by atoms with van der Waals surface area (Å²) in [5.74, 6) is 0.536. The van der Waals surface area contributed by atoms with Crippen LogP contribution in [-0.2, 0) is 10.3 Å². The molecular formula is C23H33N5O2. The van der Waals surface area contributed by atoms with Crippen LogP contribution >= 0.6 is 0 Å². The molecule has 1 aliphatic carbocycles. The lowest BCUT2D eigenvalue weighted by molar-refractivity contribution is -0.130. The molecule has 2 aliphatic rings. The fourth-order valence-corrected chi connectivity index (χ4v) is 4.22. The van der Waals surface area contributed by atoms with Gasteiger partial charge in [-0.25, -0.2) is 9.67 Å². The van der Waals surface area contributed by atoms with E-state index in [4.69, 9.17) is 10.1 Å². The molecular weight excluding hydrogens is 378 g/mol. The Morgan fingerprint density at radius 2 is 2.00 bits per heavy atom. The Balaban J connectivity index is 1.58. The molecule has 0 atom stereocenters. The number of nitrogens with one attached hydrogen (secondary N) is 1. The molecule has 162 valence electrons. The monoisotopic (exact) mass is 411 g/mol. The van der Waals surface area contributed by atoms with Crippen molar-refractivity contribution in [2.24, 2.45) is 0 Å². The molecule has 0 spiro atoms. The second-order valence-electron chi connectivity index (χ2n) is 9.68. The minimum absolute atomic E-state index is 0.108. The summed E-state index contributed by atoms with van der Waals surface area (Å²) < 4.78 is 1.94. The summed E-state index contributed by atoms with van der Waals surface area (Å²) >= 11 is 0. The maximum atomic E-state index is 13.2. The molecule has 3 heterocycles. The van der Waals surface area contributed by atoms with Crippen LogP contribution in [0.3, 0.4) is 0 Å². The van der Waals surface area contributed by atoms with Crippen molar-refractivity contribution in [3.63, 3.8) is 0 Å². The molecule has 1 N–H and O–H groups in total. The Hall–Kier alpha value is -2.44. The topological polar surface area (TPSA) is 80.1 Å². The van der Waals surface area contributed by atoms with E-state index in [1.807, 2.05) is 22.6 Å². The van der Waals surface area contributed by atoms with Gasteiger partial charge in [0.15, 0.2) is 5.65 Å². The summed E-state index contributed by atoms with van der Waals surface area (Å²) in [6, 6.07) is 1.95. The molecule has 1 saturated carbocycles. The number of likely N-dealkylation sites (tertiary alicyclic amines) is 1. The number of fused-ring (bicyclic) bond motifs is 1. The molecule has 0 aromatic carbocycles. The van der Waals surface area contributed by atoms with Gasteiger partial charge in [-0.05, 0) is 59.4 Å². The normalized spacial score (nSPS) is 18.0. The van der Waals surface area contributed by atoms with E-state index >= 15 is 0 Å².